The molecule has 156 valence electrons. The van der Waals surface area contributed by atoms with E-state index in [9.17, 15) is 14.4 Å². The summed E-state index contributed by atoms with van der Waals surface area (Å²) in [5, 5.41) is 8.92. The number of aliphatic carboxylic acids is 1. The number of methoxy groups -OCH3 is 1. The van der Waals surface area contributed by atoms with Gasteiger partial charge in [-0.25, -0.2) is 0 Å². The van der Waals surface area contributed by atoms with Crippen LogP contribution in [0.25, 0.3) is 6.08 Å². The van der Waals surface area contributed by atoms with E-state index in [4.69, 9.17) is 26.2 Å². The van der Waals surface area contributed by atoms with Gasteiger partial charge >= 0.3 is 5.97 Å². The highest BCUT2D eigenvalue weighted by molar-refractivity contribution is 8.18. The van der Waals surface area contributed by atoms with Gasteiger partial charge in [-0.3, -0.25) is 19.3 Å². The van der Waals surface area contributed by atoms with Crippen molar-refractivity contribution in [3.8, 4) is 11.5 Å². The maximum atomic E-state index is 12.4. The molecule has 1 saturated heterocycles. The first-order chi connectivity index (χ1) is 14.4. The Balaban J connectivity index is 1.72. The van der Waals surface area contributed by atoms with Crippen LogP contribution in [-0.4, -0.2) is 40.8 Å². The minimum Gasteiger partial charge on any atom is -0.493 e. The van der Waals surface area contributed by atoms with Gasteiger partial charge in [-0.1, -0.05) is 29.8 Å². The Morgan fingerprint density at radius 2 is 1.90 bits per heavy atom. The summed E-state index contributed by atoms with van der Waals surface area (Å²) in [6.07, 6.45) is 1.27. The average molecular weight is 448 g/mol. The number of halogens is 1. The molecule has 7 nitrogen and oxygen atoms in total. The number of carbonyl (C=O) groups excluding carboxylic acids is 2. The average Bonchev–Trinajstić information content (AvgIpc) is 2.99. The zero-order valence-electron chi connectivity index (χ0n) is 16.0. The van der Waals surface area contributed by atoms with E-state index in [1.54, 1.807) is 36.4 Å². The molecule has 30 heavy (non-hydrogen) atoms. The molecule has 0 saturated carbocycles. The van der Waals surface area contributed by atoms with Gasteiger partial charge in [0.25, 0.3) is 11.1 Å². The first-order valence-electron chi connectivity index (χ1n) is 8.90. The molecule has 0 bridgehead atoms. The summed E-state index contributed by atoms with van der Waals surface area (Å²) in [4.78, 5) is 36.3. The van der Waals surface area contributed by atoms with E-state index >= 15 is 0 Å². The summed E-state index contributed by atoms with van der Waals surface area (Å²) in [5.74, 6) is -0.577. The van der Waals surface area contributed by atoms with Crippen LogP contribution in [-0.2, 0) is 16.2 Å². The highest BCUT2D eigenvalue weighted by Gasteiger charge is 2.35. The Hall–Kier alpha value is -2.97. The Morgan fingerprint density at radius 1 is 1.17 bits per heavy atom. The summed E-state index contributed by atoms with van der Waals surface area (Å²) in [7, 11) is 1.51. The monoisotopic (exact) mass is 447 g/mol. The third-order valence-electron chi connectivity index (χ3n) is 4.22. The highest BCUT2D eigenvalue weighted by atomic mass is 35.5. The van der Waals surface area contributed by atoms with Gasteiger partial charge < -0.3 is 14.6 Å². The fourth-order valence-electron chi connectivity index (χ4n) is 2.69. The minimum atomic E-state index is -1.07. The van der Waals surface area contributed by atoms with Crippen LogP contribution in [0.4, 0.5) is 4.79 Å². The van der Waals surface area contributed by atoms with Crippen molar-refractivity contribution < 1.29 is 29.0 Å². The number of hydrogen-bond acceptors (Lipinski definition) is 6. The fraction of sp³-hybridized carbons (Fsp3) is 0.190. The van der Waals surface area contributed by atoms with E-state index in [-0.39, 0.29) is 17.9 Å². The summed E-state index contributed by atoms with van der Waals surface area (Å²) in [6.45, 7) is 0.174. The molecule has 0 unspecified atom stereocenters. The second-order valence-electron chi connectivity index (χ2n) is 6.30. The number of thioether (sulfide) groups is 1. The summed E-state index contributed by atoms with van der Waals surface area (Å²) in [6, 6.07) is 12.4. The summed E-state index contributed by atoms with van der Waals surface area (Å²) in [5.41, 5.74) is 1.59. The minimum absolute atomic E-state index is 0.155. The second kappa shape index (κ2) is 9.69. The standard InChI is InChI=1S/C21H18ClNO6S/c1-28-17-10-14(4-7-16(17)29-12-13-2-5-15(22)6-3-13)11-18-20(26)23(21(27)30-18)9-8-19(24)25/h2-7,10-11H,8-9,12H2,1H3,(H,24,25)/b18-11-. The molecule has 3 rings (SSSR count). The Labute approximate surface area is 182 Å². The molecule has 2 aromatic rings. The molecular formula is C21H18ClNO6S. The van der Waals surface area contributed by atoms with Crippen molar-refractivity contribution >= 4 is 46.6 Å². The lowest BCUT2D eigenvalue weighted by Gasteiger charge is -2.12. The van der Waals surface area contributed by atoms with Gasteiger partial charge in [0.2, 0.25) is 0 Å². The predicted molar refractivity (Wildman–Crippen MR) is 114 cm³/mol. The van der Waals surface area contributed by atoms with Crippen LogP contribution in [0.1, 0.15) is 17.5 Å². The molecule has 2 amide bonds. The predicted octanol–water partition coefficient (Wildman–Crippen LogP) is 4.44. The van der Waals surface area contributed by atoms with E-state index in [1.807, 2.05) is 12.1 Å². The highest BCUT2D eigenvalue weighted by Crippen LogP contribution is 2.34. The largest absolute Gasteiger partial charge is 0.493 e. The number of ether oxygens (including phenoxy) is 2. The van der Waals surface area contributed by atoms with Gasteiger partial charge in [0.15, 0.2) is 11.5 Å². The number of carboxylic acid groups (broad SMARTS) is 1. The van der Waals surface area contributed by atoms with E-state index < -0.39 is 17.1 Å². The van der Waals surface area contributed by atoms with Crippen LogP contribution in [0.15, 0.2) is 47.4 Å². The van der Waals surface area contributed by atoms with Crippen molar-refractivity contribution in [2.45, 2.75) is 13.0 Å². The van der Waals surface area contributed by atoms with Crippen molar-refractivity contribution in [3.63, 3.8) is 0 Å². The maximum Gasteiger partial charge on any atom is 0.305 e. The zero-order chi connectivity index (χ0) is 21.7. The van der Waals surface area contributed by atoms with Crippen LogP contribution in [0.3, 0.4) is 0 Å². The first-order valence-corrected chi connectivity index (χ1v) is 10.1. The quantitative estimate of drug-likeness (QED) is 0.598. The number of rotatable bonds is 8. The lowest BCUT2D eigenvalue weighted by Crippen LogP contribution is -2.30. The molecule has 0 atom stereocenters. The van der Waals surface area contributed by atoms with Crippen LogP contribution in [0.5, 0.6) is 11.5 Å². The van der Waals surface area contributed by atoms with Crippen LogP contribution >= 0.6 is 23.4 Å². The van der Waals surface area contributed by atoms with Gasteiger partial charge in [0.1, 0.15) is 6.61 Å². The molecular weight excluding hydrogens is 430 g/mol. The summed E-state index contributed by atoms with van der Waals surface area (Å²) >= 11 is 6.66. The van der Waals surface area contributed by atoms with Gasteiger partial charge in [-0.2, -0.15) is 0 Å². The summed E-state index contributed by atoms with van der Waals surface area (Å²) < 4.78 is 11.2. The van der Waals surface area contributed by atoms with Crippen LogP contribution in [0, 0.1) is 0 Å². The van der Waals surface area contributed by atoms with Crippen LogP contribution in [0.2, 0.25) is 5.02 Å². The molecule has 0 aromatic heterocycles. The maximum absolute atomic E-state index is 12.4. The second-order valence-corrected chi connectivity index (χ2v) is 7.73. The topological polar surface area (TPSA) is 93.1 Å². The number of amides is 2. The Kier molecular flexibility index (Phi) is 7.02. The van der Waals surface area contributed by atoms with Crippen LogP contribution < -0.4 is 9.47 Å². The smallest absolute Gasteiger partial charge is 0.305 e. The molecule has 0 aliphatic carbocycles. The molecule has 1 N–H and O–H groups in total. The van der Waals surface area contributed by atoms with E-state index in [0.29, 0.717) is 28.7 Å². The van der Waals surface area contributed by atoms with E-state index in [1.165, 1.54) is 7.11 Å². The van der Waals surface area contributed by atoms with E-state index in [0.717, 1.165) is 22.2 Å². The van der Waals surface area contributed by atoms with Gasteiger partial charge in [-0.15, -0.1) is 0 Å². The number of hydrogen-bond donors (Lipinski definition) is 1. The SMILES string of the molecule is COc1cc(/C=C2\SC(=O)N(CCC(=O)O)C2=O)ccc1OCc1ccc(Cl)cc1. The van der Waals surface area contributed by atoms with E-state index in [2.05, 4.69) is 0 Å². The van der Waals surface area contributed by atoms with Gasteiger partial charge in [0, 0.05) is 11.6 Å². The molecule has 9 heteroatoms. The molecule has 0 spiro atoms. The van der Waals surface area contributed by atoms with Crippen molar-refractivity contribution in [1.82, 2.24) is 4.90 Å². The van der Waals surface area contributed by atoms with Crippen molar-refractivity contribution in [2.75, 3.05) is 13.7 Å². The molecule has 1 heterocycles. The number of imide groups is 1. The molecule has 1 aliphatic heterocycles. The Bertz CT molecular complexity index is 1010. The van der Waals surface area contributed by atoms with Gasteiger partial charge in [-0.05, 0) is 53.2 Å². The van der Waals surface area contributed by atoms with Crippen molar-refractivity contribution in [3.05, 3.63) is 63.5 Å². The van der Waals surface area contributed by atoms with Crippen molar-refractivity contribution in [1.29, 1.82) is 0 Å². The normalized spacial score (nSPS) is 15.0. The molecule has 1 aliphatic rings. The Morgan fingerprint density at radius 3 is 2.57 bits per heavy atom. The third kappa shape index (κ3) is 5.34. The number of carboxylic acids is 1. The van der Waals surface area contributed by atoms with Gasteiger partial charge in [0.05, 0.1) is 18.4 Å². The lowest BCUT2D eigenvalue weighted by atomic mass is 10.1. The molecule has 1 fully saturated rings. The lowest BCUT2D eigenvalue weighted by molar-refractivity contribution is -0.137. The van der Waals surface area contributed by atoms with Crippen molar-refractivity contribution in [2.24, 2.45) is 0 Å². The third-order valence-corrected chi connectivity index (χ3v) is 5.38. The number of nitrogens with zero attached hydrogens (tertiary/aromatic N) is 1. The zero-order valence-corrected chi connectivity index (χ0v) is 17.5. The molecule has 2 aromatic carbocycles. The number of carbonyl (C=O) groups is 3. The molecule has 0 radical (unpaired) electrons. The fourth-order valence-corrected chi connectivity index (χ4v) is 3.68. The number of benzene rings is 2. The first kappa shape index (κ1) is 21.7.